The summed E-state index contributed by atoms with van der Waals surface area (Å²) in [6, 6.07) is 8.00. The van der Waals surface area contributed by atoms with Gasteiger partial charge in [0.2, 0.25) is 0 Å². The van der Waals surface area contributed by atoms with Crippen LogP contribution in [-0.2, 0) is 9.53 Å². The predicted molar refractivity (Wildman–Crippen MR) is 88.5 cm³/mol. The molecular formula is C18H19NO2S. The summed E-state index contributed by atoms with van der Waals surface area (Å²) in [6.45, 7) is 4.42. The fraction of sp³-hybridized carbons (Fsp3) is 0.444. The molecule has 4 atom stereocenters. The van der Waals surface area contributed by atoms with Crippen molar-refractivity contribution in [3.8, 4) is 0 Å². The van der Waals surface area contributed by atoms with E-state index >= 15 is 0 Å². The van der Waals surface area contributed by atoms with E-state index in [0.29, 0.717) is 17.4 Å². The van der Waals surface area contributed by atoms with Gasteiger partial charge < -0.3 is 4.74 Å². The first-order valence-electron chi connectivity index (χ1n) is 7.89. The number of aromatic nitrogens is 1. The molecule has 0 bridgehead atoms. The van der Waals surface area contributed by atoms with Gasteiger partial charge in [-0.25, -0.2) is 4.98 Å². The fourth-order valence-electron chi connectivity index (χ4n) is 3.89. The van der Waals surface area contributed by atoms with Crippen molar-refractivity contribution in [1.29, 1.82) is 0 Å². The van der Waals surface area contributed by atoms with E-state index in [-0.39, 0.29) is 17.8 Å². The van der Waals surface area contributed by atoms with E-state index in [1.807, 2.05) is 24.3 Å². The number of Topliss-reactive ketones (excluding diaryl/α,β-unsaturated/α-hetero) is 1. The van der Waals surface area contributed by atoms with Crippen molar-refractivity contribution in [1.82, 2.24) is 4.98 Å². The van der Waals surface area contributed by atoms with Crippen LogP contribution >= 0.6 is 11.3 Å². The molecule has 1 aliphatic carbocycles. The Labute approximate surface area is 134 Å². The first-order chi connectivity index (χ1) is 10.6. The van der Waals surface area contributed by atoms with Crippen molar-refractivity contribution in [2.75, 3.05) is 0 Å². The molecule has 1 aliphatic heterocycles. The second-order valence-electron chi connectivity index (χ2n) is 6.64. The van der Waals surface area contributed by atoms with Crippen molar-refractivity contribution in [3.63, 3.8) is 0 Å². The van der Waals surface area contributed by atoms with Crippen LogP contribution in [0.3, 0.4) is 0 Å². The Bertz CT molecular complexity index is 730. The summed E-state index contributed by atoms with van der Waals surface area (Å²) in [7, 11) is 0. The highest BCUT2D eigenvalue weighted by molar-refractivity contribution is 7.19. The summed E-state index contributed by atoms with van der Waals surface area (Å²) >= 11 is 1.57. The SMILES string of the molecule is CC1CC(C)C2C(=O)C(c3nc4ccccc4s3)=COC2C1. The van der Waals surface area contributed by atoms with E-state index in [0.717, 1.165) is 28.1 Å². The second kappa shape index (κ2) is 5.20. The summed E-state index contributed by atoms with van der Waals surface area (Å²) in [5.41, 5.74) is 1.60. The summed E-state index contributed by atoms with van der Waals surface area (Å²) in [6.07, 6.45) is 3.78. The Balaban J connectivity index is 1.72. The molecule has 22 heavy (non-hydrogen) atoms. The second-order valence-corrected chi connectivity index (χ2v) is 7.67. The molecule has 0 saturated heterocycles. The van der Waals surface area contributed by atoms with Gasteiger partial charge in [0.05, 0.1) is 28.0 Å². The normalized spacial score (nSPS) is 31.5. The number of para-hydroxylation sites is 1. The number of rotatable bonds is 1. The lowest BCUT2D eigenvalue weighted by molar-refractivity contribution is -0.128. The molecule has 0 spiro atoms. The number of ether oxygens (including phenoxy) is 1. The van der Waals surface area contributed by atoms with Crippen LogP contribution in [0.1, 0.15) is 31.7 Å². The molecule has 0 amide bonds. The molecule has 2 aromatic rings. The lowest BCUT2D eigenvalue weighted by atomic mass is 9.70. The molecule has 2 aliphatic rings. The van der Waals surface area contributed by atoms with Crippen LogP contribution in [0.15, 0.2) is 30.5 Å². The average molecular weight is 313 g/mol. The first-order valence-corrected chi connectivity index (χ1v) is 8.71. The summed E-state index contributed by atoms with van der Waals surface area (Å²) in [4.78, 5) is 17.6. The third kappa shape index (κ3) is 2.17. The molecule has 1 aromatic heterocycles. The van der Waals surface area contributed by atoms with Gasteiger partial charge in [-0.15, -0.1) is 11.3 Å². The molecule has 4 unspecified atom stereocenters. The monoisotopic (exact) mass is 313 g/mol. The van der Waals surface area contributed by atoms with Gasteiger partial charge in [-0.2, -0.15) is 0 Å². The van der Waals surface area contributed by atoms with Gasteiger partial charge >= 0.3 is 0 Å². The topological polar surface area (TPSA) is 39.2 Å². The molecule has 1 fully saturated rings. The van der Waals surface area contributed by atoms with Gasteiger partial charge in [0, 0.05) is 0 Å². The van der Waals surface area contributed by atoms with Crippen molar-refractivity contribution >= 4 is 32.9 Å². The number of ketones is 1. The molecule has 0 N–H and O–H groups in total. The number of thiazole rings is 1. The standard InChI is InChI=1S/C18H19NO2S/c1-10-7-11(2)16-14(8-10)21-9-12(17(16)20)18-19-13-5-3-4-6-15(13)22-18/h3-6,9-11,14,16H,7-8H2,1-2H3. The number of fused-ring (bicyclic) bond motifs is 2. The van der Waals surface area contributed by atoms with Gasteiger partial charge in [-0.05, 0) is 36.8 Å². The van der Waals surface area contributed by atoms with Crippen LogP contribution in [0, 0.1) is 17.8 Å². The Kier molecular flexibility index (Phi) is 3.30. The lowest BCUT2D eigenvalue weighted by Crippen LogP contribution is -2.43. The van der Waals surface area contributed by atoms with Crippen LogP contribution in [0.5, 0.6) is 0 Å². The highest BCUT2D eigenvalue weighted by Gasteiger charge is 2.43. The molecule has 4 rings (SSSR count). The maximum absolute atomic E-state index is 13.0. The summed E-state index contributed by atoms with van der Waals surface area (Å²) < 4.78 is 7.05. The predicted octanol–water partition coefficient (Wildman–Crippen LogP) is 4.29. The Morgan fingerprint density at radius 3 is 2.86 bits per heavy atom. The first kappa shape index (κ1) is 13.9. The van der Waals surface area contributed by atoms with Gasteiger partial charge in [-0.3, -0.25) is 4.79 Å². The Morgan fingerprint density at radius 2 is 2.05 bits per heavy atom. The van der Waals surface area contributed by atoms with Crippen LogP contribution in [0.25, 0.3) is 15.8 Å². The van der Waals surface area contributed by atoms with Crippen molar-refractivity contribution < 1.29 is 9.53 Å². The Hall–Kier alpha value is -1.68. The van der Waals surface area contributed by atoms with E-state index in [9.17, 15) is 4.79 Å². The van der Waals surface area contributed by atoms with Crippen LogP contribution in [0.2, 0.25) is 0 Å². The molecule has 1 aromatic carbocycles. The Morgan fingerprint density at radius 1 is 1.23 bits per heavy atom. The molecule has 3 nitrogen and oxygen atoms in total. The number of nitrogens with zero attached hydrogens (tertiary/aromatic N) is 1. The summed E-state index contributed by atoms with van der Waals surface area (Å²) in [5.74, 6) is 1.21. The molecule has 4 heteroatoms. The molecular weight excluding hydrogens is 294 g/mol. The van der Waals surface area contributed by atoms with Crippen molar-refractivity contribution in [2.24, 2.45) is 17.8 Å². The van der Waals surface area contributed by atoms with Crippen LogP contribution in [-0.4, -0.2) is 16.9 Å². The molecule has 1 saturated carbocycles. The fourth-order valence-corrected chi connectivity index (χ4v) is 4.87. The van der Waals surface area contributed by atoms with Crippen molar-refractivity contribution in [2.45, 2.75) is 32.8 Å². The zero-order valence-corrected chi connectivity index (χ0v) is 13.6. The quantitative estimate of drug-likeness (QED) is 0.788. The number of hydrogen-bond acceptors (Lipinski definition) is 4. The van der Waals surface area contributed by atoms with Crippen molar-refractivity contribution in [3.05, 3.63) is 35.5 Å². The average Bonchev–Trinajstić information content (AvgIpc) is 2.90. The third-order valence-corrected chi connectivity index (χ3v) is 5.95. The van der Waals surface area contributed by atoms with E-state index < -0.39 is 0 Å². The smallest absolute Gasteiger partial charge is 0.176 e. The zero-order chi connectivity index (χ0) is 15.3. The number of allylic oxidation sites excluding steroid dienone is 1. The minimum atomic E-state index is -0.0109. The highest BCUT2D eigenvalue weighted by atomic mass is 32.1. The minimum Gasteiger partial charge on any atom is -0.496 e. The van der Waals surface area contributed by atoms with Gasteiger partial charge in [0.25, 0.3) is 0 Å². The molecule has 114 valence electrons. The molecule has 0 radical (unpaired) electrons. The van der Waals surface area contributed by atoms with E-state index in [1.165, 1.54) is 0 Å². The number of hydrogen-bond donors (Lipinski definition) is 0. The number of carbonyl (C=O) groups is 1. The maximum atomic E-state index is 13.0. The van der Waals surface area contributed by atoms with E-state index in [2.05, 4.69) is 18.8 Å². The van der Waals surface area contributed by atoms with E-state index in [1.54, 1.807) is 17.6 Å². The maximum Gasteiger partial charge on any atom is 0.176 e. The van der Waals surface area contributed by atoms with Crippen LogP contribution in [0.4, 0.5) is 0 Å². The van der Waals surface area contributed by atoms with E-state index in [4.69, 9.17) is 4.74 Å². The summed E-state index contributed by atoms with van der Waals surface area (Å²) in [5, 5.41) is 0.787. The highest BCUT2D eigenvalue weighted by Crippen LogP contribution is 2.42. The largest absolute Gasteiger partial charge is 0.496 e. The van der Waals surface area contributed by atoms with Crippen LogP contribution < -0.4 is 0 Å². The number of carbonyl (C=O) groups excluding carboxylic acids is 1. The van der Waals surface area contributed by atoms with Gasteiger partial charge in [-0.1, -0.05) is 26.0 Å². The lowest BCUT2D eigenvalue weighted by Gasteiger charge is -2.40. The van der Waals surface area contributed by atoms with Gasteiger partial charge in [0.1, 0.15) is 11.1 Å². The third-order valence-electron chi connectivity index (χ3n) is 4.88. The van der Waals surface area contributed by atoms with Gasteiger partial charge in [0.15, 0.2) is 5.78 Å². The molecule has 2 heterocycles. The minimum absolute atomic E-state index is 0.0109. The zero-order valence-electron chi connectivity index (χ0n) is 12.8. The number of benzene rings is 1.